The zero-order valence-corrected chi connectivity index (χ0v) is 20.4. The van der Waals surface area contributed by atoms with Gasteiger partial charge < -0.3 is 5.11 Å². The van der Waals surface area contributed by atoms with Crippen molar-refractivity contribution in [2.24, 2.45) is 58.2 Å². The summed E-state index contributed by atoms with van der Waals surface area (Å²) in [6.45, 7) is 14.4. The summed E-state index contributed by atoms with van der Waals surface area (Å²) in [5.74, 6) is 5.31. The molecular formula is C28H46O2. The molecule has 170 valence electrons. The van der Waals surface area contributed by atoms with Crippen LogP contribution in [0.15, 0.2) is 12.2 Å². The molecule has 30 heavy (non-hydrogen) atoms. The highest BCUT2D eigenvalue weighted by atomic mass is 16.3. The van der Waals surface area contributed by atoms with Gasteiger partial charge in [-0.1, -0.05) is 53.7 Å². The minimum Gasteiger partial charge on any atom is -0.393 e. The van der Waals surface area contributed by atoms with E-state index in [1.807, 2.05) is 0 Å². The molecule has 0 spiro atoms. The first-order valence-electron chi connectivity index (χ1n) is 13.0. The Balaban J connectivity index is 1.54. The summed E-state index contributed by atoms with van der Waals surface area (Å²) in [6.07, 6.45) is 13.4. The van der Waals surface area contributed by atoms with Crippen LogP contribution in [-0.4, -0.2) is 17.0 Å². The zero-order valence-electron chi connectivity index (χ0n) is 20.4. The topological polar surface area (TPSA) is 37.3 Å². The number of aliphatic hydroxyl groups excluding tert-OH is 1. The molecule has 4 rings (SSSR count). The lowest BCUT2D eigenvalue weighted by Gasteiger charge is -2.60. The molecule has 2 nitrogen and oxygen atoms in total. The van der Waals surface area contributed by atoms with E-state index in [2.05, 4.69) is 53.7 Å². The van der Waals surface area contributed by atoms with E-state index in [1.54, 1.807) is 0 Å². The van der Waals surface area contributed by atoms with E-state index in [0.717, 1.165) is 31.6 Å². The molecule has 0 aromatic rings. The van der Waals surface area contributed by atoms with E-state index >= 15 is 0 Å². The molecule has 0 saturated heterocycles. The second-order valence-electron chi connectivity index (χ2n) is 12.6. The molecule has 0 heterocycles. The van der Waals surface area contributed by atoms with Crippen LogP contribution >= 0.6 is 0 Å². The van der Waals surface area contributed by atoms with Gasteiger partial charge in [-0.25, -0.2) is 0 Å². The first-order chi connectivity index (χ1) is 14.1. The van der Waals surface area contributed by atoms with Crippen LogP contribution in [0.3, 0.4) is 0 Å². The number of Topliss-reactive ketones (excluding diaryl/α,β-unsaturated/α-hetero) is 1. The number of allylic oxidation sites excluding steroid dienone is 2. The van der Waals surface area contributed by atoms with E-state index in [4.69, 9.17) is 0 Å². The van der Waals surface area contributed by atoms with E-state index < -0.39 is 0 Å². The fourth-order valence-corrected chi connectivity index (χ4v) is 8.63. The second kappa shape index (κ2) is 8.05. The van der Waals surface area contributed by atoms with Crippen molar-refractivity contribution < 1.29 is 9.90 Å². The summed E-state index contributed by atoms with van der Waals surface area (Å²) in [7, 11) is 0. The Hall–Kier alpha value is -0.630. The molecule has 0 radical (unpaired) electrons. The summed E-state index contributed by atoms with van der Waals surface area (Å²) in [5.41, 5.74) is 0.528. The third-order valence-electron chi connectivity index (χ3n) is 10.9. The highest BCUT2D eigenvalue weighted by molar-refractivity contribution is 5.83. The van der Waals surface area contributed by atoms with Gasteiger partial charge in [0.25, 0.3) is 0 Å². The molecule has 1 N–H and O–H groups in total. The van der Waals surface area contributed by atoms with Gasteiger partial charge in [-0.3, -0.25) is 4.79 Å². The molecule has 0 unspecified atom stereocenters. The molecule has 2 heteroatoms. The smallest absolute Gasteiger partial charge is 0.136 e. The minimum atomic E-state index is -0.255. The number of aliphatic hydroxyl groups is 1. The van der Waals surface area contributed by atoms with Crippen LogP contribution in [0.25, 0.3) is 0 Å². The number of ketones is 1. The highest BCUT2D eigenvalue weighted by Gasteiger charge is 2.62. The lowest BCUT2D eigenvalue weighted by atomic mass is 9.44. The number of hydrogen-bond acceptors (Lipinski definition) is 2. The normalized spacial score (nSPS) is 48.3. The van der Waals surface area contributed by atoms with Crippen LogP contribution in [0, 0.1) is 58.2 Å². The van der Waals surface area contributed by atoms with E-state index in [1.165, 1.54) is 25.7 Å². The SMILES string of the molecule is CC(C)[C@@H](C)/C=C\[C@@H](C)[C@H]1CC[C@H]2[C@@H]3CC(=O)[C@H]4C[C@H](O)CC[C@]4(C)[C@H]3CC[C@]12C. The van der Waals surface area contributed by atoms with Crippen molar-refractivity contribution in [1.82, 2.24) is 0 Å². The largest absolute Gasteiger partial charge is 0.393 e. The summed E-state index contributed by atoms with van der Waals surface area (Å²) in [6, 6.07) is 0. The van der Waals surface area contributed by atoms with Gasteiger partial charge in [0, 0.05) is 12.3 Å². The number of carbonyl (C=O) groups excluding carboxylic acids is 1. The molecular weight excluding hydrogens is 368 g/mol. The predicted molar refractivity (Wildman–Crippen MR) is 124 cm³/mol. The molecule has 0 aromatic heterocycles. The van der Waals surface area contributed by atoms with Crippen LogP contribution in [0.1, 0.15) is 92.9 Å². The first-order valence-corrected chi connectivity index (χ1v) is 13.0. The number of hydrogen-bond donors (Lipinski definition) is 1. The lowest BCUT2D eigenvalue weighted by Crippen LogP contribution is -2.57. The number of rotatable bonds is 4. The first kappa shape index (κ1) is 22.6. The molecule has 10 atom stereocenters. The van der Waals surface area contributed by atoms with Crippen molar-refractivity contribution in [1.29, 1.82) is 0 Å². The van der Waals surface area contributed by atoms with E-state index in [-0.39, 0.29) is 17.4 Å². The zero-order chi connectivity index (χ0) is 21.8. The molecule has 0 aromatic carbocycles. The van der Waals surface area contributed by atoms with Crippen molar-refractivity contribution in [3.63, 3.8) is 0 Å². The monoisotopic (exact) mass is 414 g/mol. The van der Waals surface area contributed by atoms with Gasteiger partial charge in [-0.15, -0.1) is 0 Å². The van der Waals surface area contributed by atoms with Gasteiger partial charge in [0.1, 0.15) is 5.78 Å². The maximum Gasteiger partial charge on any atom is 0.136 e. The summed E-state index contributed by atoms with van der Waals surface area (Å²) < 4.78 is 0. The van der Waals surface area contributed by atoms with Gasteiger partial charge in [0.2, 0.25) is 0 Å². The molecule has 4 aliphatic carbocycles. The number of fused-ring (bicyclic) bond motifs is 5. The Bertz CT molecular complexity index is 680. The maximum absolute atomic E-state index is 13.3. The van der Waals surface area contributed by atoms with Gasteiger partial charge in [-0.05, 0) is 97.2 Å². The van der Waals surface area contributed by atoms with Gasteiger partial charge >= 0.3 is 0 Å². The average molecular weight is 415 g/mol. The Morgan fingerprint density at radius 1 is 0.933 bits per heavy atom. The van der Waals surface area contributed by atoms with E-state index in [9.17, 15) is 9.90 Å². The quantitative estimate of drug-likeness (QED) is 0.522. The molecule has 0 amide bonds. The van der Waals surface area contributed by atoms with Gasteiger partial charge in [-0.2, -0.15) is 0 Å². The van der Waals surface area contributed by atoms with Gasteiger partial charge in [0.15, 0.2) is 0 Å². The fourth-order valence-electron chi connectivity index (χ4n) is 8.63. The molecule has 0 aliphatic heterocycles. The Morgan fingerprint density at radius 3 is 2.30 bits per heavy atom. The fraction of sp³-hybridized carbons (Fsp3) is 0.893. The maximum atomic E-state index is 13.3. The average Bonchev–Trinajstić information content (AvgIpc) is 3.04. The second-order valence-corrected chi connectivity index (χ2v) is 12.6. The van der Waals surface area contributed by atoms with Crippen LogP contribution in [0.4, 0.5) is 0 Å². The van der Waals surface area contributed by atoms with Crippen molar-refractivity contribution in [3.05, 3.63) is 12.2 Å². The van der Waals surface area contributed by atoms with Crippen molar-refractivity contribution >= 4 is 5.78 Å². The standard InChI is InChI=1S/C28H46O2/c1-17(2)18(3)7-8-19(4)22-9-10-23-21-16-26(30)25-15-20(29)11-13-28(25,6)24(21)12-14-27(22,23)5/h7-8,17-25,29H,9-16H2,1-6H3/b8-7-/t18-,19+,20+,21-,22+,23-,24-,25+,27+,28+/m0/s1. The van der Waals surface area contributed by atoms with Crippen molar-refractivity contribution in [3.8, 4) is 0 Å². The van der Waals surface area contributed by atoms with E-state index in [0.29, 0.717) is 46.7 Å². The predicted octanol–water partition coefficient (Wildman–Crippen LogP) is 6.67. The Kier molecular flexibility index (Phi) is 6.06. The Morgan fingerprint density at radius 2 is 1.60 bits per heavy atom. The molecule has 0 bridgehead atoms. The third kappa shape index (κ3) is 3.54. The molecule has 4 fully saturated rings. The van der Waals surface area contributed by atoms with Crippen LogP contribution in [0.5, 0.6) is 0 Å². The molecule has 4 saturated carbocycles. The van der Waals surface area contributed by atoms with Crippen molar-refractivity contribution in [2.45, 2.75) is 99.0 Å². The van der Waals surface area contributed by atoms with Crippen LogP contribution in [-0.2, 0) is 4.79 Å². The third-order valence-corrected chi connectivity index (χ3v) is 10.9. The lowest BCUT2D eigenvalue weighted by molar-refractivity contribution is -0.159. The van der Waals surface area contributed by atoms with Gasteiger partial charge in [0.05, 0.1) is 6.10 Å². The number of carbonyl (C=O) groups is 1. The van der Waals surface area contributed by atoms with Crippen molar-refractivity contribution in [2.75, 3.05) is 0 Å². The summed E-state index contributed by atoms with van der Waals surface area (Å²) in [4.78, 5) is 13.3. The molecule has 4 aliphatic rings. The van der Waals surface area contributed by atoms with Crippen LogP contribution in [0.2, 0.25) is 0 Å². The van der Waals surface area contributed by atoms with Crippen LogP contribution < -0.4 is 0 Å². The minimum absolute atomic E-state index is 0.114. The highest BCUT2D eigenvalue weighted by Crippen LogP contribution is 2.67. The Labute approximate surface area is 185 Å². The summed E-state index contributed by atoms with van der Waals surface area (Å²) >= 11 is 0. The summed E-state index contributed by atoms with van der Waals surface area (Å²) in [5, 5.41) is 10.2.